The molecule has 0 amide bonds. The van der Waals surface area contributed by atoms with Gasteiger partial charge in [-0.2, -0.15) is 0 Å². The van der Waals surface area contributed by atoms with Crippen LogP contribution < -0.4 is 5.32 Å². The van der Waals surface area contributed by atoms with Gasteiger partial charge in [0.25, 0.3) is 0 Å². The predicted octanol–water partition coefficient (Wildman–Crippen LogP) is 4.49. The first-order chi connectivity index (χ1) is 12.1. The first-order valence-corrected chi connectivity index (χ1v) is 11.0. The third-order valence-electron chi connectivity index (χ3n) is 4.71. The molecule has 3 heterocycles. The Bertz CT molecular complexity index is 735. The molecule has 1 atom stereocenters. The van der Waals surface area contributed by atoms with Crippen LogP contribution in [0.1, 0.15) is 44.1 Å². The highest BCUT2D eigenvalue weighted by Gasteiger charge is 2.33. The molecule has 138 valence electrons. The standard InChI is InChI=1S/C18H27N3O2S2/c1-5-18(3)10-12-13(11-23-18)25-16-14(12)15(20-17(21-16)24-4)19-8-7-9-22-6-2/h5-11H2,1-4H3,(H,19,20,21)/t18-/m0/s1. The Morgan fingerprint density at radius 2 is 2.20 bits per heavy atom. The van der Waals surface area contributed by atoms with Crippen LogP contribution in [0, 0.1) is 0 Å². The molecular weight excluding hydrogens is 354 g/mol. The average molecular weight is 382 g/mol. The summed E-state index contributed by atoms with van der Waals surface area (Å²) in [5.74, 6) is 0.962. The number of thioether (sulfide) groups is 1. The van der Waals surface area contributed by atoms with Crippen LogP contribution in [0.2, 0.25) is 0 Å². The quantitative estimate of drug-likeness (QED) is 0.413. The van der Waals surface area contributed by atoms with Crippen LogP contribution in [-0.4, -0.2) is 41.6 Å². The molecule has 2 aromatic heterocycles. The van der Waals surface area contributed by atoms with Crippen molar-refractivity contribution in [2.75, 3.05) is 31.3 Å². The molecular formula is C18H27N3O2S2. The number of ether oxygens (including phenoxy) is 2. The molecule has 3 rings (SSSR count). The van der Waals surface area contributed by atoms with Gasteiger partial charge in [-0.15, -0.1) is 11.3 Å². The number of anilines is 1. The van der Waals surface area contributed by atoms with E-state index in [1.165, 1.54) is 15.8 Å². The zero-order valence-corrected chi connectivity index (χ0v) is 17.1. The molecule has 25 heavy (non-hydrogen) atoms. The third-order valence-corrected chi connectivity index (χ3v) is 6.36. The molecule has 7 heteroatoms. The van der Waals surface area contributed by atoms with E-state index in [-0.39, 0.29) is 5.60 Å². The van der Waals surface area contributed by atoms with E-state index in [2.05, 4.69) is 19.2 Å². The molecule has 0 radical (unpaired) electrons. The van der Waals surface area contributed by atoms with Crippen molar-refractivity contribution >= 4 is 39.1 Å². The van der Waals surface area contributed by atoms with E-state index in [1.54, 1.807) is 23.1 Å². The Morgan fingerprint density at radius 3 is 2.92 bits per heavy atom. The molecule has 1 aliphatic rings. The second kappa shape index (κ2) is 8.20. The van der Waals surface area contributed by atoms with Crippen LogP contribution in [0.5, 0.6) is 0 Å². The molecule has 0 unspecified atom stereocenters. The lowest BCUT2D eigenvalue weighted by Crippen LogP contribution is -2.34. The fraction of sp³-hybridized carbons (Fsp3) is 0.667. The summed E-state index contributed by atoms with van der Waals surface area (Å²) in [4.78, 5) is 11.9. The highest BCUT2D eigenvalue weighted by Crippen LogP contribution is 2.42. The van der Waals surface area contributed by atoms with Crippen molar-refractivity contribution in [1.29, 1.82) is 0 Å². The lowest BCUT2D eigenvalue weighted by molar-refractivity contribution is -0.0542. The van der Waals surface area contributed by atoms with Crippen molar-refractivity contribution < 1.29 is 9.47 Å². The molecule has 0 bridgehead atoms. The largest absolute Gasteiger partial charge is 0.382 e. The van der Waals surface area contributed by atoms with Gasteiger partial charge in [-0.05, 0) is 38.5 Å². The molecule has 0 spiro atoms. The smallest absolute Gasteiger partial charge is 0.190 e. The Hall–Kier alpha value is -0.890. The number of thiophene rings is 1. The van der Waals surface area contributed by atoms with E-state index >= 15 is 0 Å². The average Bonchev–Trinajstić information content (AvgIpc) is 2.98. The van der Waals surface area contributed by atoms with Gasteiger partial charge < -0.3 is 14.8 Å². The van der Waals surface area contributed by atoms with E-state index < -0.39 is 0 Å². The van der Waals surface area contributed by atoms with Crippen LogP contribution >= 0.6 is 23.1 Å². The minimum Gasteiger partial charge on any atom is -0.382 e. The van der Waals surface area contributed by atoms with Crippen molar-refractivity contribution in [2.24, 2.45) is 0 Å². The lowest BCUT2D eigenvalue weighted by Gasteiger charge is -2.33. The monoisotopic (exact) mass is 381 g/mol. The van der Waals surface area contributed by atoms with Gasteiger partial charge in [-0.25, -0.2) is 9.97 Å². The fourth-order valence-electron chi connectivity index (χ4n) is 3.02. The number of rotatable bonds is 8. The van der Waals surface area contributed by atoms with Gasteiger partial charge in [0.05, 0.1) is 17.6 Å². The van der Waals surface area contributed by atoms with Crippen LogP contribution in [-0.2, 0) is 22.5 Å². The Balaban J connectivity index is 1.92. The van der Waals surface area contributed by atoms with Gasteiger partial charge in [0.1, 0.15) is 10.6 Å². The highest BCUT2D eigenvalue weighted by atomic mass is 32.2. The van der Waals surface area contributed by atoms with Gasteiger partial charge in [-0.3, -0.25) is 0 Å². The molecule has 2 aromatic rings. The van der Waals surface area contributed by atoms with Crippen LogP contribution in [0.4, 0.5) is 5.82 Å². The zero-order chi connectivity index (χ0) is 17.9. The molecule has 0 fully saturated rings. The topological polar surface area (TPSA) is 56.3 Å². The van der Waals surface area contributed by atoms with Crippen LogP contribution in [0.3, 0.4) is 0 Å². The first-order valence-electron chi connectivity index (χ1n) is 8.92. The van der Waals surface area contributed by atoms with E-state index in [1.807, 2.05) is 13.2 Å². The van der Waals surface area contributed by atoms with E-state index in [0.717, 1.165) is 54.8 Å². The zero-order valence-electron chi connectivity index (χ0n) is 15.5. The maximum atomic E-state index is 6.11. The summed E-state index contributed by atoms with van der Waals surface area (Å²) in [6.07, 6.45) is 4.92. The van der Waals surface area contributed by atoms with Crippen molar-refractivity contribution in [3.63, 3.8) is 0 Å². The van der Waals surface area contributed by atoms with Crippen molar-refractivity contribution in [3.05, 3.63) is 10.4 Å². The number of nitrogens with one attached hydrogen (secondary N) is 1. The van der Waals surface area contributed by atoms with Gasteiger partial charge in [0.15, 0.2) is 5.16 Å². The second-order valence-electron chi connectivity index (χ2n) is 6.49. The van der Waals surface area contributed by atoms with Gasteiger partial charge in [0.2, 0.25) is 0 Å². The minimum absolute atomic E-state index is 0.0918. The number of hydrogen-bond donors (Lipinski definition) is 1. The molecule has 0 aromatic carbocycles. The summed E-state index contributed by atoms with van der Waals surface area (Å²) in [6, 6.07) is 0. The molecule has 0 saturated heterocycles. The molecule has 5 nitrogen and oxygen atoms in total. The summed E-state index contributed by atoms with van der Waals surface area (Å²) < 4.78 is 11.5. The summed E-state index contributed by atoms with van der Waals surface area (Å²) in [7, 11) is 0. The molecule has 1 N–H and O–H groups in total. The lowest BCUT2D eigenvalue weighted by atomic mass is 9.90. The Labute approximate surface area is 157 Å². The minimum atomic E-state index is -0.0918. The highest BCUT2D eigenvalue weighted by molar-refractivity contribution is 7.98. The number of fused-ring (bicyclic) bond motifs is 3. The third kappa shape index (κ3) is 4.10. The van der Waals surface area contributed by atoms with Gasteiger partial charge in [-0.1, -0.05) is 18.7 Å². The van der Waals surface area contributed by atoms with Crippen molar-refractivity contribution in [2.45, 2.75) is 57.4 Å². The predicted molar refractivity (Wildman–Crippen MR) is 106 cm³/mol. The molecule has 0 aliphatic carbocycles. The Morgan fingerprint density at radius 1 is 1.36 bits per heavy atom. The SMILES string of the molecule is CCOCCCNc1nc(SC)nc2sc3c(c12)C[C@](C)(CC)OC3. The summed E-state index contributed by atoms with van der Waals surface area (Å²) >= 11 is 3.33. The van der Waals surface area contributed by atoms with E-state index in [4.69, 9.17) is 19.4 Å². The summed E-state index contributed by atoms with van der Waals surface area (Å²) in [5.41, 5.74) is 1.28. The summed E-state index contributed by atoms with van der Waals surface area (Å²) in [5, 5.41) is 5.53. The first kappa shape index (κ1) is 18.9. The number of hydrogen-bond acceptors (Lipinski definition) is 7. The van der Waals surface area contributed by atoms with Gasteiger partial charge in [0, 0.05) is 31.1 Å². The van der Waals surface area contributed by atoms with E-state index in [9.17, 15) is 0 Å². The van der Waals surface area contributed by atoms with Crippen LogP contribution in [0.15, 0.2) is 5.16 Å². The van der Waals surface area contributed by atoms with Crippen molar-refractivity contribution in [1.82, 2.24) is 9.97 Å². The molecule has 0 saturated carbocycles. The fourth-order valence-corrected chi connectivity index (χ4v) is 4.55. The number of nitrogens with zero attached hydrogens (tertiary/aromatic N) is 2. The normalized spacial score (nSPS) is 20.0. The maximum absolute atomic E-state index is 6.11. The maximum Gasteiger partial charge on any atom is 0.190 e. The van der Waals surface area contributed by atoms with Crippen molar-refractivity contribution in [3.8, 4) is 0 Å². The molecule has 1 aliphatic heterocycles. The number of aromatic nitrogens is 2. The van der Waals surface area contributed by atoms with Gasteiger partial charge >= 0.3 is 0 Å². The second-order valence-corrected chi connectivity index (χ2v) is 8.35. The van der Waals surface area contributed by atoms with Crippen LogP contribution in [0.25, 0.3) is 10.2 Å². The Kier molecular flexibility index (Phi) is 6.20. The van der Waals surface area contributed by atoms with E-state index in [0.29, 0.717) is 6.61 Å². The summed E-state index contributed by atoms with van der Waals surface area (Å²) in [6.45, 7) is 9.49.